The van der Waals surface area contributed by atoms with E-state index in [-0.39, 0.29) is 23.8 Å². The standard InChI is InChI=1S/C22H24F5N7O/c1-13-7-21(23,24)12-34(17(13)11-33-20-31-9-14(10-32-20)22(25,26)27)19(35)15(8-28)18(29-2)16-5-3-4-6-30-16/h3-6,8-10,13,17,28-29H,7,11-12H2,1-2H3,(H,31,32,33)/b18-15+,28-8?/t13?,17-/m1/s1. The molecule has 13 heteroatoms. The van der Waals surface area contributed by atoms with E-state index in [9.17, 15) is 26.7 Å². The summed E-state index contributed by atoms with van der Waals surface area (Å²) < 4.78 is 67.2. The third kappa shape index (κ3) is 6.08. The molecule has 3 heterocycles. The van der Waals surface area contributed by atoms with Crippen LogP contribution in [0.25, 0.3) is 5.70 Å². The van der Waals surface area contributed by atoms with Crippen molar-refractivity contribution in [2.24, 2.45) is 5.92 Å². The van der Waals surface area contributed by atoms with E-state index in [0.717, 1.165) is 11.1 Å². The number of likely N-dealkylation sites (tertiary alicyclic amines) is 1. The molecule has 3 N–H and O–H groups in total. The molecule has 0 spiro atoms. The highest BCUT2D eigenvalue weighted by Gasteiger charge is 2.46. The minimum absolute atomic E-state index is 0.0852. The summed E-state index contributed by atoms with van der Waals surface area (Å²) in [5, 5.41) is 13.4. The zero-order valence-corrected chi connectivity index (χ0v) is 18.9. The van der Waals surface area contributed by atoms with Gasteiger partial charge in [0.25, 0.3) is 11.8 Å². The van der Waals surface area contributed by atoms with E-state index in [1.165, 1.54) is 13.2 Å². The smallest absolute Gasteiger partial charge is 0.386 e. The first-order chi connectivity index (χ1) is 16.5. The summed E-state index contributed by atoms with van der Waals surface area (Å²) in [6.07, 6.45) is -1.59. The molecule has 2 aromatic heterocycles. The third-order valence-corrected chi connectivity index (χ3v) is 5.60. The van der Waals surface area contributed by atoms with Gasteiger partial charge in [-0.25, -0.2) is 18.7 Å². The summed E-state index contributed by atoms with van der Waals surface area (Å²) in [6, 6.07) is 4.18. The van der Waals surface area contributed by atoms with Gasteiger partial charge in [-0.1, -0.05) is 13.0 Å². The first kappa shape index (κ1) is 26.0. The predicted octanol–water partition coefficient (Wildman–Crippen LogP) is 3.45. The average molecular weight is 497 g/mol. The number of carbonyl (C=O) groups excluding carboxylic acids is 1. The normalized spacial score (nSPS) is 20.6. The maximum absolute atomic E-state index is 14.5. The minimum Gasteiger partial charge on any atom is -0.386 e. The van der Waals surface area contributed by atoms with Crippen molar-refractivity contribution in [3.63, 3.8) is 0 Å². The topological polar surface area (TPSA) is 107 Å². The highest BCUT2D eigenvalue weighted by atomic mass is 19.4. The number of rotatable bonds is 7. The number of carbonyl (C=O) groups is 1. The highest BCUT2D eigenvalue weighted by Crippen LogP contribution is 2.35. The average Bonchev–Trinajstić information content (AvgIpc) is 2.81. The van der Waals surface area contributed by atoms with Crippen LogP contribution in [0.5, 0.6) is 0 Å². The first-order valence-electron chi connectivity index (χ1n) is 10.6. The quantitative estimate of drug-likeness (QED) is 0.307. The lowest BCUT2D eigenvalue weighted by molar-refractivity contribution is -0.147. The summed E-state index contributed by atoms with van der Waals surface area (Å²) in [7, 11) is 1.52. The van der Waals surface area contributed by atoms with Gasteiger partial charge in [0.1, 0.15) is 0 Å². The maximum atomic E-state index is 14.5. The Morgan fingerprint density at radius 3 is 2.49 bits per heavy atom. The van der Waals surface area contributed by atoms with Crippen LogP contribution in [0.3, 0.4) is 0 Å². The van der Waals surface area contributed by atoms with E-state index < -0.39 is 48.5 Å². The molecule has 1 saturated heterocycles. The molecule has 0 saturated carbocycles. The zero-order valence-electron chi connectivity index (χ0n) is 18.9. The van der Waals surface area contributed by atoms with Crippen LogP contribution in [0.15, 0.2) is 42.4 Å². The molecule has 0 aliphatic carbocycles. The fourth-order valence-electron chi connectivity index (χ4n) is 3.95. The van der Waals surface area contributed by atoms with Crippen molar-refractivity contribution in [2.75, 3.05) is 25.5 Å². The Balaban J connectivity index is 1.89. The Morgan fingerprint density at radius 2 is 1.94 bits per heavy atom. The molecule has 35 heavy (non-hydrogen) atoms. The molecular formula is C22H24F5N7O. The molecule has 0 bridgehead atoms. The monoisotopic (exact) mass is 497 g/mol. The molecule has 8 nitrogen and oxygen atoms in total. The van der Waals surface area contributed by atoms with Crippen LogP contribution in [0.4, 0.5) is 27.9 Å². The second-order valence-electron chi connectivity index (χ2n) is 8.11. The number of aromatic nitrogens is 3. The molecule has 2 atom stereocenters. The molecule has 1 aliphatic rings. The van der Waals surface area contributed by atoms with Crippen molar-refractivity contribution in [3.8, 4) is 0 Å². The van der Waals surface area contributed by atoms with Gasteiger partial charge < -0.3 is 20.9 Å². The Morgan fingerprint density at radius 1 is 1.26 bits per heavy atom. The Labute approximate surface area is 198 Å². The molecule has 1 unspecified atom stereocenters. The number of hydrogen-bond acceptors (Lipinski definition) is 7. The van der Waals surface area contributed by atoms with Crippen LogP contribution >= 0.6 is 0 Å². The zero-order chi connectivity index (χ0) is 25.8. The molecule has 3 rings (SSSR count). The number of nitrogens with one attached hydrogen (secondary N) is 3. The van der Waals surface area contributed by atoms with E-state index in [1.54, 1.807) is 25.1 Å². The summed E-state index contributed by atoms with van der Waals surface area (Å²) in [6.45, 7) is 0.587. The number of amides is 1. The summed E-state index contributed by atoms with van der Waals surface area (Å²) >= 11 is 0. The van der Waals surface area contributed by atoms with Crippen LogP contribution in [0.1, 0.15) is 24.6 Å². The lowest BCUT2D eigenvalue weighted by Crippen LogP contribution is -2.58. The molecule has 2 aromatic rings. The number of halogens is 5. The van der Waals surface area contributed by atoms with Gasteiger partial charge in [0.2, 0.25) is 5.95 Å². The van der Waals surface area contributed by atoms with Crippen molar-refractivity contribution >= 4 is 23.8 Å². The van der Waals surface area contributed by atoms with Crippen LogP contribution in [-0.4, -0.2) is 64.1 Å². The maximum Gasteiger partial charge on any atom is 0.419 e. The van der Waals surface area contributed by atoms with Crippen molar-refractivity contribution in [3.05, 3.63) is 53.6 Å². The van der Waals surface area contributed by atoms with Crippen LogP contribution < -0.4 is 10.6 Å². The molecule has 0 aromatic carbocycles. The van der Waals surface area contributed by atoms with E-state index in [0.29, 0.717) is 18.1 Å². The predicted molar refractivity (Wildman–Crippen MR) is 119 cm³/mol. The van der Waals surface area contributed by atoms with Gasteiger partial charge in [-0.2, -0.15) is 13.2 Å². The van der Waals surface area contributed by atoms with Crippen molar-refractivity contribution in [1.29, 1.82) is 5.41 Å². The Kier molecular flexibility index (Phi) is 7.66. The van der Waals surface area contributed by atoms with Gasteiger partial charge in [-0.15, -0.1) is 0 Å². The van der Waals surface area contributed by atoms with E-state index in [4.69, 9.17) is 5.41 Å². The van der Waals surface area contributed by atoms with E-state index in [1.807, 2.05) is 0 Å². The number of anilines is 1. The second kappa shape index (κ2) is 10.3. The van der Waals surface area contributed by atoms with E-state index >= 15 is 0 Å². The van der Waals surface area contributed by atoms with Crippen molar-refractivity contribution in [2.45, 2.75) is 31.5 Å². The molecule has 1 fully saturated rings. The lowest BCUT2D eigenvalue weighted by Gasteiger charge is -2.43. The van der Waals surface area contributed by atoms with Gasteiger partial charge in [0, 0.05) is 44.8 Å². The fourth-order valence-corrected chi connectivity index (χ4v) is 3.95. The molecular weight excluding hydrogens is 473 g/mol. The fraction of sp³-hybridized carbons (Fsp3) is 0.409. The molecule has 0 radical (unpaired) electrons. The molecule has 188 valence electrons. The Hall–Kier alpha value is -3.64. The third-order valence-electron chi connectivity index (χ3n) is 5.60. The highest BCUT2D eigenvalue weighted by molar-refractivity contribution is 6.17. The van der Waals surface area contributed by atoms with Gasteiger partial charge in [-0.05, 0) is 18.1 Å². The van der Waals surface area contributed by atoms with Gasteiger partial charge in [0.05, 0.1) is 35.1 Å². The second-order valence-corrected chi connectivity index (χ2v) is 8.11. The van der Waals surface area contributed by atoms with E-state index in [2.05, 4.69) is 25.6 Å². The van der Waals surface area contributed by atoms with Gasteiger partial charge >= 0.3 is 6.18 Å². The molecule has 1 aliphatic heterocycles. The SMILES string of the molecule is CN/C(=C(\C=N)C(=O)N1CC(F)(F)CC(C)[C@H]1CNc1ncc(C(F)(F)F)cn1)c1ccccn1. The van der Waals surface area contributed by atoms with Crippen LogP contribution in [-0.2, 0) is 11.0 Å². The first-order valence-corrected chi connectivity index (χ1v) is 10.6. The summed E-state index contributed by atoms with van der Waals surface area (Å²) in [5.74, 6) is -4.78. The van der Waals surface area contributed by atoms with Gasteiger partial charge in [0.15, 0.2) is 0 Å². The number of alkyl halides is 5. The van der Waals surface area contributed by atoms with Crippen molar-refractivity contribution in [1.82, 2.24) is 25.2 Å². The lowest BCUT2D eigenvalue weighted by atomic mass is 9.87. The number of piperidine rings is 1. The minimum atomic E-state index is -4.60. The number of pyridine rings is 1. The largest absolute Gasteiger partial charge is 0.419 e. The van der Waals surface area contributed by atoms with Crippen molar-refractivity contribution < 1.29 is 26.7 Å². The summed E-state index contributed by atoms with van der Waals surface area (Å²) in [4.78, 5) is 25.8. The van der Waals surface area contributed by atoms with Gasteiger partial charge in [-0.3, -0.25) is 9.78 Å². The Bertz CT molecular complexity index is 1070. The number of nitrogens with zero attached hydrogens (tertiary/aromatic N) is 4. The summed E-state index contributed by atoms with van der Waals surface area (Å²) in [5.41, 5.74) is -0.635. The van der Waals surface area contributed by atoms with Crippen LogP contribution in [0, 0.1) is 11.3 Å². The number of hydrogen-bond donors (Lipinski definition) is 3. The van der Waals surface area contributed by atoms with Crippen LogP contribution in [0.2, 0.25) is 0 Å². The molecule has 1 amide bonds.